The first kappa shape index (κ1) is 17.3. The van der Waals surface area contributed by atoms with E-state index in [0.717, 1.165) is 38.2 Å². The molecule has 0 spiro atoms. The zero-order valence-corrected chi connectivity index (χ0v) is 14.7. The van der Waals surface area contributed by atoms with Gasteiger partial charge in [0.15, 0.2) is 0 Å². The summed E-state index contributed by atoms with van der Waals surface area (Å²) >= 11 is 0. The Morgan fingerprint density at radius 3 is 2.72 bits per heavy atom. The third-order valence-electron chi connectivity index (χ3n) is 4.62. The maximum atomic E-state index is 11.4. The van der Waals surface area contributed by atoms with Crippen LogP contribution in [0.5, 0.6) is 0 Å². The Hall–Kier alpha value is -2.48. The SMILES string of the molecule is CCn1nc(C)c([N+](=O)[O-])c1NC1CCN(Cc2ccccn2)CC1. The van der Waals surface area contributed by atoms with Crippen molar-refractivity contribution in [3.05, 3.63) is 45.9 Å². The monoisotopic (exact) mass is 344 g/mol. The summed E-state index contributed by atoms with van der Waals surface area (Å²) in [4.78, 5) is 17.8. The summed E-state index contributed by atoms with van der Waals surface area (Å²) in [6.45, 7) is 6.97. The highest BCUT2D eigenvalue weighted by Crippen LogP contribution is 2.30. The molecule has 0 saturated carbocycles. The number of piperidine rings is 1. The zero-order chi connectivity index (χ0) is 17.8. The van der Waals surface area contributed by atoms with Gasteiger partial charge >= 0.3 is 5.69 Å². The van der Waals surface area contributed by atoms with E-state index in [-0.39, 0.29) is 16.7 Å². The molecule has 8 nitrogen and oxygen atoms in total. The Morgan fingerprint density at radius 2 is 2.12 bits per heavy atom. The normalized spacial score (nSPS) is 16.1. The standard InChI is InChI=1S/C17H24N6O2/c1-3-22-17(16(23(24)25)13(2)20-22)19-14-7-10-21(11-8-14)12-15-6-4-5-9-18-15/h4-6,9,14,19H,3,7-8,10-12H2,1-2H3. The number of nitro groups is 1. The topological polar surface area (TPSA) is 89.1 Å². The van der Waals surface area contributed by atoms with Gasteiger partial charge in [-0.1, -0.05) is 6.07 Å². The van der Waals surface area contributed by atoms with E-state index in [1.807, 2.05) is 31.3 Å². The highest BCUT2D eigenvalue weighted by atomic mass is 16.6. The molecular formula is C17H24N6O2. The summed E-state index contributed by atoms with van der Waals surface area (Å²) in [5.74, 6) is 0.535. The molecule has 0 aromatic carbocycles. The number of nitrogens with one attached hydrogen (secondary N) is 1. The number of nitrogens with zero attached hydrogens (tertiary/aromatic N) is 5. The van der Waals surface area contributed by atoms with Gasteiger partial charge in [-0.15, -0.1) is 0 Å². The van der Waals surface area contributed by atoms with Gasteiger partial charge in [-0.2, -0.15) is 5.10 Å². The lowest BCUT2D eigenvalue weighted by molar-refractivity contribution is -0.384. The molecule has 1 aliphatic heterocycles. The van der Waals surface area contributed by atoms with Gasteiger partial charge in [0.05, 0.1) is 10.6 Å². The smallest absolute Gasteiger partial charge is 0.333 e. The molecule has 3 heterocycles. The second-order valence-electron chi connectivity index (χ2n) is 6.37. The quantitative estimate of drug-likeness (QED) is 0.640. The summed E-state index contributed by atoms with van der Waals surface area (Å²) in [5.41, 5.74) is 1.63. The third-order valence-corrected chi connectivity index (χ3v) is 4.62. The lowest BCUT2D eigenvalue weighted by atomic mass is 10.0. The summed E-state index contributed by atoms with van der Waals surface area (Å²) in [7, 11) is 0. The van der Waals surface area contributed by atoms with Crippen molar-refractivity contribution in [3.63, 3.8) is 0 Å². The maximum Gasteiger partial charge on any atom is 0.333 e. The number of likely N-dealkylation sites (tertiary alicyclic amines) is 1. The van der Waals surface area contributed by atoms with Crippen LogP contribution in [0.1, 0.15) is 31.2 Å². The van der Waals surface area contributed by atoms with Crippen molar-refractivity contribution in [1.29, 1.82) is 0 Å². The third kappa shape index (κ3) is 3.96. The molecule has 1 aliphatic rings. The predicted octanol–water partition coefficient (Wildman–Crippen LogP) is 2.59. The van der Waals surface area contributed by atoms with Crippen LogP contribution in [0, 0.1) is 17.0 Å². The Balaban J connectivity index is 1.62. The van der Waals surface area contributed by atoms with Crippen LogP contribution in [0.2, 0.25) is 0 Å². The van der Waals surface area contributed by atoms with Gasteiger partial charge in [-0.25, -0.2) is 4.68 Å². The van der Waals surface area contributed by atoms with Gasteiger partial charge in [0, 0.05) is 38.4 Å². The fraction of sp³-hybridized carbons (Fsp3) is 0.529. The van der Waals surface area contributed by atoms with Crippen LogP contribution in [0.4, 0.5) is 11.5 Å². The number of anilines is 1. The Labute approximate surface area is 147 Å². The molecule has 0 amide bonds. The van der Waals surface area contributed by atoms with Crippen LogP contribution in [-0.2, 0) is 13.1 Å². The number of aryl methyl sites for hydroxylation is 2. The molecule has 0 radical (unpaired) electrons. The second-order valence-corrected chi connectivity index (χ2v) is 6.37. The van der Waals surface area contributed by atoms with Gasteiger partial charge in [-0.3, -0.25) is 20.0 Å². The van der Waals surface area contributed by atoms with Gasteiger partial charge in [-0.05, 0) is 38.8 Å². The van der Waals surface area contributed by atoms with Crippen molar-refractivity contribution in [2.24, 2.45) is 0 Å². The summed E-state index contributed by atoms with van der Waals surface area (Å²) in [5, 5.41) is 19.0. The Morgan fingerprint density at radius 1 is 1.36 bits per heavy atom. The molecule has 0 atom stereocenters. The van der Waals surface area contributed by atoms with E-state index in [2.05, 4.69) is 20.3 Å². The maximum absolute atomic E-state index is 11.4. The molecule has 1 N–H and O–H groups in total. The van der Waals surface area contributed by atoms with E-state index < -0.39 is 0 Å². The first-order valence-electron chi connectivity index (χ1n) is 8.69. The Bertz CT molecular complexity index is 722. The molecule has 0 aliphatic carbocycles. The van der Waals surface area contributed by atoms with E-state index in [0.29, 0.717) is 18.1 Å². The summed E-state index contributed by atoms with van der Waals surface area (Å²) in [6, 6.07) is 6.19. The number of hydrogen-bond acceptors (Lipinski definition) is 6. The first-order valence-corrected chi connectivity index (χ1v) is 8.69. The van der Waals surface area contributed by atoms with Gasteiger partial charge in [0.1, 0.15) is 5.69 Å². The van der Waals surface area contributed by atoms with Crippen molar-refractivity contribution in [2.45, 2.75) is 45.8 Å². The average molecular weight is 344 g/mol. The molecule has 0 bridgehead atoms. The highest BCUT2D eigenvalue weighted by molar-refractivity contribution is 5.60. The fourth-order valence-corrected chi connectivity index (χ4v) is 3.31. The molecule has 0 unspecified atom stereocenters. The minimum absolute atomic E-state index is 0.0952. The largest absolute Gasteiger partial charge is 0.362 e. The number of rotatable bonds is 6. The highest BCUT2D eigenvalue weighted by Gasteiger charge is 2.28. The Kier molecular flexibility index (Phi) is 5.28. The molecule has 8 heteroatoms. The number of hydrogen-bond donors (Lipinski definition) is 1. The molecule has 1 fully saturated rings. The van der Waals surface area contributed by atoms with Crippen molar-refractivity contribution in [2.75, 3.05) is 18.4 Å². The van der Waals surface area contributed by atoms with Crippen molar-refractivity contribution >= 4 is 11.5 Å². The predicted molar refractivity (Wildman–Crippen MR) is 95.5 cm³/mol. The van der Waals surface area contributed by atoms with E-state index in [1.54, 1.807) is 11.6 Å². The van der Waals surface area contributed by atoms with Gasteiger partial charge in [0.25, 0.3) is 0 Å². The van der Waals surface area contributed by atoms with Crippen LogP contribution in [0.15, 0.2) is 24.4 Å². The van der Waals surface area contributed by atoms with Gasteiger partial charge in [0.2, 0.25) is 5.82 Å². The first-order chi connectivity index (χ1) is 12.1. The van der Waals surface area contributed by atoms with E-state index in [1.165, 1.54) is 0 Å². The summed E-state index contributed by atoms with van der Waals surface area (Å²) in [6.07, 6.45) is 3.70. The van der Waals surface area contributed by atoms with Crippen molar-refractivity contribution in [3.8, 4) is 0 Å². The van der Waals surface area contributed by atoms with Crippen LogP contribution in [-0.4, -0.2) is 43.7 Å². The summed E-state index contributed by atoms with van der Waals surface area (Å²) < 4.78 is 1.69. The molecule has 1 saturated heterocycles. The number of aromatic nitrogens is 3. The fourth-order valence-electron chi connectivity index (χ4n) is 3.31. The van der Waals surface area contributed by atoms with Crippen molar-refractivity contribution in [1.82, 2.24) is 19.7 Å². The minimum atomic E-state index is -0.340. The second kappa shape index (κ2) is 7.60. The van der Waals surface area contributed by atoms with E-state index in [4.69, 9.17) is 0 Å². The number of pyridine rings is 1. The molecule has 2 aromatic heterocycles. The van der Waals surface area contributed by atoms with Crippen molar-refractivity contribution < 1.29 is 4.92 Å². The van der Waals surface area contributed by atoms with E-state index >= 15 is 0 Å². The van der Waals surface area contributed by atoms with Crippen LogP contribution < -0.4 is 5.32 Å². The average Bonchev–Trinajstić information content (AvgIpc) is 2.93. The van der Waals surface area contributed by atoms with E-state index in [9.17, 15) is 10.1 Å². The van der Waals surface area contributed by atoms with Crippen LogP contribution >= 0.6 is 0 Å². The lowest BCUT2D eigenvalue weighted by Gasteiger charge is -2.32. The van der Waals surface area contributed by atoms with Crippen LogP contribution in [0.25, 0.3) is 0 Å². The molecular weight excluding hydrogens is 320 g/mol. The molecule has 134 valence electrons. The molecule has 25 heavy (non-hydrogen) atoms. The molecule has 2 aromatic rings. The molecule has 3 rings (SSSR count). The van der Waals surface area contributed by atoms with Gasteiger partial charge < -0.3 is 5.32 Å². The van der Waals surface area contributed by atoms with Crippen LogP contribution in [0.3, 0.4) is 0 Å². The zero-order valence-electron chi connectivity index (χ0n) is 14.7. The minimum Gasteiger partial charge on any atom is -0.362 e. The lowest BCUT2D eigenvalue weighted by Crippen LogP contribution is -2.39.